The summed E-state index contributed by atoms with van der Waals surface area (Å²) in [6.07, 6.45) is 5.13. The SMILES string of the molecule is COc1ccc2c(=O)c(/C=C/c3ccccc3)coc2c1. The van der Waals surface area contributed by atoms with Crippen molar-refractivity contribution in [1.82, 2.24) is 0 Å². The van der Waals surface area contributed by atoms with Crippen molar-refractivity contribution >= 4 is 23.1 Å². The molecule has 104 valence electrons. The summed E-state index contributed by atoms with van der Waals surface area (Å²) in [5.41, 5.74) is 2.03. The highest BCUT2D eigenvalue weighted by Crippen LogP contribution is 2.19. The number of rotatable bonds is 3. The van der Waals surface area contributed by atoms with Crippen LogP contribution in [-0.2, 0) is 0 Å². The van der Waals surface area contributed by atoms with Gasteiger partial charge in [0.2, 0.25) is 0 Å². The molecule has 0 atom stereocenters. The van der Waals surface area contributed by atoms with Crippen molar-refractivity contribution in [3.8, 4) is 5.75 Å². The topological polar surface area (TPSA) is 39.4 Å². The van der Waals surface area contributed by atoms with E-state index in [1.54, 1.807) is 31.4 Å². The molecule has 3 nitrogen and oxygen atoms in total. The van der Waals surface area contributed by atoms with Gasteiger partial charge in [0, 0.05) is 6.07 Å². The van der Waals surface area contributed by atoms with Crippen molar-refractivity contribution in [1.29, 1.82) is 0 Å². The lowest BCUT2D eigenvalue weighted by atomic mass is 10.1. The Labute approximate surface area is 122 Å². The third kappa shape index (κ3) is 2.72. The number of methoxy groups -OCH3 is 1. The molecule has 21 heavy (non-hydrogen) atoms. The van der Waals surface area contributed by atoms with E-state index < -0.39 is 0 Å². The van der Waals surface area contributed by atoms with Gasteiger partial charge in [-0.15, -0.1) is 0 Å². The van der Waals surface area contributed by atoms with Crippen LogP contribution in [0, 0.1) is 0 Å². The molecule has 0 aliphatic rings. The van der Waals surface area contributed by atoms with Crippen molar-refractivity contribution in [2.45, 2.75) is 0 Å². The van der Waals surface area contributed by atoms with Crippen LogP contribution < -0.4 is 10.2 Å². The zero-order valence-corrected chi connectivity index (χ0v) is 11.6. The number of hydrogen-bond acceptors (Lipinski definition) is 3. The molecule has 0 saturated heterocycles. The van der Waals surface area contributed by atoms with Crippen LogP contribution in [0.3, 0.4) is 0 Å². The molecule has 2 aromatic carbocycles. The van der Waals surface area contributed by atoms with Gasteiger partial charge in [-0.05, 0) is 23.8 Å². The van der Waals surface area contributed by atoms with Gasteiger partial charge in [0.25, 0.3) is 0 Å². The van der Waals surface area contributed by atoms with Gasteiger partial charge < -0.3 is 9.15 Å². The van der Waals surface area contributed by atoms with Crippen molar-refractivity contribution in [2.24, 2.45) is 0 Å². The molecule has 0 fully saturated rings. The van der Waals surface area contributed by atoms with Gasteiger partial charge in [-0.25, -0.2) is 0 Å². The Morgan fingerprint density at radius 3 is 2.62 bits per heavy atom. The largest absolute Gasteiger partial charge is 0.497 e. The van der Waals surface area contributed by atoms with Gasteiger partial charge in [-0.2, -0.15) is 0 Å². The van der Waals surface area contributed by atoms with Crippen molar-refractivity contribution in [3.05, 3.63) is 76.1 Å². The second kappa shape index (κ2) is 5.67. The Balaban J connectivity index is 2.03. The smallest absolute Gasteiger partial charge is 0.199 e. The second-order valence-electron chi connectivity index (χ2n) is 4.63. The first kappa shape index (κ1) is 13.2. The second-order valence-corrected chi connectivity index (χ2v) is 4.63. The zero-order chi connectivity index (χ0) is 14.7. The summed E-state index contributed by atoms with van der Waals surface area (Å²) < 4.78 is 10.6. The maximum absolute atomic E-state index is 12.4. The van der Waals surface area contributed by atoms with E-state index >= 15 is 0 Å². The van der Waals surface area contributed by atoms with Crippen LogP contribution in [0.1, 0.15) is 11.1 Å². The number of hydrogen-bond donors (Lipinski definition) is 0. The molecule has 3 aromatic rings. The Morgan fingerprint density at radius 2 is 1.86 bits per heavy atom. The van der Waals surface area contributed by atoms with Crippen LogP contribution in [0.25, 0.3) is 23.1 Å². The molecule has 3 rings (SSSR count). The lowest BCUT2D eigenvalue weighted by molar-refractivity contribution is 0.414. The van der Waals surface area contributed by atoms with Crippen LogP contribution in [-0.4, -0.2) is 7.11 Å². The van der Waals surface area contributed by atoms with Gasteiger partial charge >= 0.3 is 0 Å². The van der Waals surface area contributed by atoms with Gasteiger partial charge in [-0.1, -0.05) is 36.4 Å². The summed E-state index contributed by atoms with van der Waals surface area (Å²) in [5.74, 6) is 0.665. The third-order valence-electron chi connectivity index (χ3n) is 3.26. The van der Waals surface area contributed by atoms with E-state index in [1.807, 2.05) is 36.4 Å². The van der Waals surface area contributed by atoms with Gasteiger partial charge in [0.1, 0.15) is 17.6 Å². The van der Waals surface area contributed by atoms with E-state index in [0.717, 1.165) is 5.56 Å². The predicted molar refractivity (Wildman–Crippen MR) is 84.4 cm³/mol. The first-order valence-corrected chi connectivity index (χ1v) is 6.60. The predicted octanol–water partition coefficient (Wildman–Crippen LogP) is 3.97. The van der Waals surface area contributed by atoms with Crippen molar-refractivity contribution < 1.29 is 9.15 Å². The van der Waals surface area contributed by atoms with E-state index in [0.29, 0.717) is 22.3 Å². The highest BCUT2D eigenvalue weighted by atomic mass is 16.5. The van der Waals surface area contributed by atoms with E-state index in [4.69, 9.17) is 9.15 Å². The zero-order valence-electron chi connectivity index (χ0n) is 11.6. The molecule has 0 spiro atoms. The van der Waals surface area contributed by atoms with E-state index in [9.17, 15) is 4.79 Å². The highest BCUT2D eigenvalue weighted by Gasteiger charge is 2.05. The van der Waals surface area contributed by atoms with E-state index in [2.05, 4.69) is 0 Å². The lowest BCUT2D eigenvalue weighted by Gasteiger charge is -2.02. The van der Waals surface area contributed by atoms with E-state index in [1.165, 1.54) is 6.26 Å². The molecule has 0 saturated carbocycles. The monoisotopic (exact) mass is 278 g/mol. The molecule has 0 amide bonds. The summed E-state index contributed by atoms with van der Waals surface area (Å²) in [5, 5.41) is 0.547. The minimum absolute atomic E-state index is 0.0499. The number of ether oxygens (including phenoxy) is 1. The molecular formula is C18H14O3. The van der Waals surface area contributed by atoms with Crippen molar-refractivity contribution in [2.75, 3.05) is 7.11 Å². The molecule has 0 aliphatic heterocycles. The minimum Gasteiger partial charge on any atom is -0.497 e. The molecule has 0 radical (unpaired) electrons. The molecule has 0 N–H and O–H groups in total. The maximum Gasteiger partial charge on any atom is 0.199 e. The van der Waals surface area contributed by atoms with Crippen LogP contribution in [0.15, 0.2) is 64.0 Å². The average Bonchev–Trinajstić information content (AvgIpc) is 2.55. The quantitative estimate of drug-likeness (QED) is 0.727. The number of benzene rings is 2. The first-order chi connectivity index (χ1) is 10.3. The standard InChI is InChI=1S/C18H14O3/c1-20-15-9-10-16-17(11-15)21-12-14(18(16)19)8-7-13-5-3-2-4-6-13/h2-12H,1H3/b8-7+. The molecular weight excluding hydrogens is 264 g/mol. The lowest BCUT2D eigenvalue weighted by Crippen LogP contribution is -2.04. The van der Waals surface area contributed by atoms with Gasteiger partial charge in [-0.3, -0.25) is 4.79 Å². The summed E-state index contributed by atoms with van der Waals surface area (Å²) in [4.78, 5) is 12.4. The van der Waals surface area contributed by atoms with Crippen molar-refractivity contribution in [3.63, 3.8) is 0 Å². The number of fused-ring (bicyclic) bond motifs is 1. The van der Waals surface area contributed by atoms with Crippen LogP contribution in [0.4, 0.5) is 0 Å². The summed E-state index contributed by atoms with van der Waals surface area (Å²) in [7, 11) is 1.58. The fraction of sp³-hybridized carbons (Fsp3) is 0.0556. The first-order valence-electron chi connectivity index (χ1n) is 6.60. The Bertz CT molecular complexity index is 845. The average molecular weight is 278 g/mol. The van der Waals surface area contributed by atoms with Crippen LogP contribution in [0.5, 0.6) is 5.75 Å². The third-order valence-corrected chi connectivity index (χ3v) is 3.26. The molecule has 3 heteroatoms. The summed E-state index contributed by atoms with van der Waals surface area (Å²) >= 11 is 0. The fourth-order valence-electron chi connectivity index (χ4n) is 2.12. The van der Waals surface area contributed by atoms with Crippen LogP contribution >= 0.6 is 0 Å². The molecule has 1 aromatic heterocycles. The van der Waals surface area contributed by atoms with Gasteiger partial charge in [0.15, 0.2) is 5.43 Å². The molecule has 0 unspecified atom stereocenters. The molecule has 0 aliphatic carbocycles. The molecule has 1 heterocycles. The Hall–Kier alpha value is -2.81. The van der Waals surface area contributed by atoms with Gasteiger partial charge in [0.05, 0.1) is 18.1 Å². The maximum atomic E-state index is 12.4. The Morgan fingerprint density at radius 1 is 1.05 bits per heavy atom. The normalized spacial score (nSPS) is 11.1. The van der Waals surface area contributed by atoms with E-state index in [-0.39, 0.29) is 5.43 Å². The highest BCUT2D eigenvalue weighted by molar-refractivity contribution is 5.81. The summed E-state index contributed by atoms with van der Waals surface area (Å²) in [6.45, 7) is 0. The Kier molecular flexibility index (Phi) is 3.56. The minimum atomic E-state index is -0.0499. The molecule has 0 bridgehead atoms. The summed E-state index contributed by atoms with van der Waals surface area (Å²) in [6, 6.07) is 15.0. The fourth-order valence-corrected chi connectivity index (χ4v) is 2.12. The van der Waals surface area contributed by atoms with Crippen LogP contribution in [0.2, 0.25) is 0 Å².